The fourth-order valence-electron chi connectivity index (χ4n) is 5.95. The molecule has 1 amide bonds. The minimum absolute atomic E-state index is 0.0154. The summed E-state index contributed by atoms with van der Waals surface area (Å²) in [6, 6.07) is 11.1. The van der Waals surface area contributed by atoms with Crippen LogP contribution in [0.1, 0.15) is 54.6 Å². The summed E-state index contributed by atoms with van der Waals surface area (Å²) in [6.45, 7) is 8.40. The van der Waals surface area contributed by atoms with E-state index in [1.165, 1.54) is 12.0 Å². The number of amides is 1. The third-order valence-electron chi connectivity index (χ3n) is 8.35. The molecule has 0 saturated carbocycles. The number of rotatable bonds is 6. The van der Waals surface area contributed by atoms with Gasteiger partial charge in [0.1, 0.15) is 17.8 Å². The van der Waals surface area contributed by atoms with E-state index in [1.54, 1.807) is 0 Å². The summed E-state index contributed by atoms with van der Waals surface area (Å²) in [5.74, 6) is 1.38. The fourth-order valence-corrected chi connectivity index (χ4v) is 5.95. The Morgan fingerprint density at radius 3 is 2.33 bits per heavy atom. The van der Waals surface area contributed by atoms with Gasteiger partial charge in [0.25, 0.3) is 5.91 Å². The van der Waals surface area contributed by atoms with Crippen molar-refractivity contribution in [3.05, 3.63) is 47.9 Å². The van der Waals surface area contributed by atoms with Crippen LogP contribution in [0, 0.1) is 12.8 Å². The number of aliphatic hydroxyl groups excluding tert-OH is 1. The van der Waals surface area contributed by atoms with Crippen molar-refractivity contribution in [2.45, 2.75) is 57.6 Å². The van der Waals surface area contributed by atoms with Gasteiger partial charge in [-0.15, -0.1) is 0 Å². The van der Waals surface area contributed by atoms with Crippen molar-refractivity contribution >= 4 is 17.4 Å². The molecular weight excluding hydrogens is 452 g/mol. The van der Waals surface area contributed by atoms with Crippen LogP contribution >= 0.6 is 0 Å². The third-order valence-corrected chi connectivity index (χ3v) is 8.35. The molecule has 0 spiro atoms. The second-order valence-corrected chi connectivity index (χ2v) is 10.6. The minimum atomic E-state index is -0.145. The fraction of sp³-hybridized carbons (Fsp3) is 0.607. The van der Waals surface area contributed by atoms with Crippen molar-refractivity contribution in [3.8, 4) is 0 Å². The molecule has 3 aliphatic heterocycles. The van der Waals surface area contributed by atoms with Crippen LogP contribution in [0.15, 0.2) is 36.7 Å². The van der Waals surface area contributed by atoms with Crippen molar-refractivity contribution in [1.82, 2.24) is 19.8 Å². The maximum atomic E-state index is 13.3. The molecule has 0 aliphatic carbocycles. The molecule has 3 fully saturated rings. The summed E-state index contributed by atoms with van der Waals surface area (Å²) in [5.41, 5.74) is 2.67. The van der Waals surface area contributed by atoms with Gasteiger partial charge < -0.3 is 25.1 Å². The molecule has 4 heterocycles. The first-order valence-electron chi connectivity index (χ1n) is 13.7. The number of carbonyl (C=O) groups is 1. The molecular formula is C28H40N6O2. The Kier molecular flexibility index (Phi) is 8.02. The van der Waals surface area contributed by atoms with Crippen molar-refractivity contribution in [2.75, 3.05) is 56.0 Å². The molecule has 0 radical (unpaired) electrons. The van der Waals surface area contributed by atoms with Crippen LogP contribution in [-0.4, -0.2) is 88.7 Å². The predicted molar refractivity (Wildman–Crippen MR) is 142 cm³/mol. The number of hydrogen-bond acceptors (Lipinski definition) is 7. The zero-order valence-corrected chi connectivity index (χ0v) is 21.5. The number of nitrogens with zero attached hydrogens (tertiary/aromatic N) is 5. The van der Waals surface area contributed by atoms with Gasteiger partial charge in [0, 0.05) is 63.1 Å². The van der Waals surface area contributed by atoms with Gasteiger partial charge in [0.05, 0.1) is 6.10 Å². The average molecular weight is 493 g/mol. The number of nitrogens with one attached hydrogen (secondary N) is 1. The highest BCUT2D eigenvalue weighted by atomic mass is 16.3. The lowest BCUT2D eigenvalue weighted by Crippen LogP contribution is -2.49. The molecule has 8 nitrogen and oxygen atoms in total. The second-order valence-electron chi connectivity index (χ2n) is 10.6. The summed E-state index contributed by atoms with van der Waals surface area (Å²) in [5, 5.41) is 13.3. The minimum Gasteiger partial charge on any atom is -0.393 e. The number of carbonyl (C=O) groups excluding carboxylic acids is 1. The highest BCUT2D eigenvalue weighted by molar-refractivity contribution is 5.94. The predicted octanol–water partition coefficient (Wildman–Crippen LogP) is 3.17. The van der Waals surface area contributed by atoms with E-state index in [0.29, 0.717) is 17.7 Å². The van der Waals surface area contributed by atoms with Crippen molar-refractivity contribution in [3.63, 3.8) is 0 Å². The highest BCUT2D eigenvalue weighted by Gasteiger charge is 2.31. The zero-order chi connectivity index (χ0) is 24.9. The van der Waals surface area contributed by atoms with Crippen LogP contribution in [0.2, 0.25) is 0 Å². The summed E-state index contributed by atoms with van der Waals surface area (Å²) in [6.07, 6.45) is 7.35. The van der Waals surface area contributed by atoms with E-state index < -0.39 is 0 Å². The Labute approximate surface area is 214 Å². The normalized spacial score (nSPS) is 21.1. The summed E-state index contributed by atoms with van der Waals surface area (Å²) in [4.78, 5) is 29.1. The van der Waals surface area contributed by atoms with E-state index in [-0.39, 0.29) is 12.0 Å². The van der Waals surface area contributed by atoms with Crippen molar-refractivity contribution in [1.29, 1.82) is 0 Å². The number of likely N-dealkylation sites (tertiary alicyclic amines) is 2. The molecule has 2 aromatic rings. The molecule has 0 atom stereocenters. The Hall–Kier alpha value is -2.71. The lowest BCUT2D eigenvalue weighted by molar-refractivity contribution is 0.0355. The molecule has 194 valence electrons. The zero-order valence-electron chi connectivity index (χ0n) is 21.5. The van der Waals surface area contributed by atoms with Crippen LogP contribution in [0.3, 0.4) is 0 Å². The van der Waals surface area contributed by atoms with Crippen LogP contribution in [0.25, 0.3) is 0 Å². The summed E-state index contributed by atoms with van der Waals surface area (Å²) < 4.78 is 0. The standard InChI is InChI=1S/C28H40N6O2/c1-21-26(28(36)34-15-9-24(10-16-34)33-17-11-25(35)12-18-33)30-20-31-27(21)29-19-22-7-13-32(14-8-22)23-5-3-2-4-6-23/h2-6,20,22,24-25,35H,7-19H2,1H3,(H,29,30,31). The number of aliphatic hydroxyl groups is 1. The lowest BCUT2D eigenvalue weighted by Gasteiger charge is -2.41. The van der Waals surface area contributed by atoms with E-state index in [9.17, 15) is 9.90 Å². The van der Waals surface area contributed by atoms with Crippen LogP contribution in [0.4, 0.5) is 11.5 Å². The number of piperidine rings is 3. The van der Waals surface area contributed by atoms with Crippen LogP contribution < -0.4 is 10.2 Å². The first kappa shape index (κ1) is 25.0. The van der Waals surface area contributed by atoms with Gasteiger partial charge in [0.15, 0.2) is 0 Å². The van der Waals surface area contributed by atoms with E-state index in [0.717, 1.165) is 95.7 Å². The van der Waals surface area contributed by atoms with Crippen LogP contribution in [0.5, 0.6) is 0 Å². The van der Waals surface area contributed by atoms with Crippen LogP contribution in [-0.2, 0) is 0 Å². The molecule has 0 unspecified atom stereocenters. The van der Waals surface area contributed by atoms with Gasteiger partial charge in [-0.25, -0.2) is 9.97 Å². The largest absolute Gasteiger partial charge is 0.393 e. The maximum Gasteiger partial charge on any atom is 0.272 e. The molecule has 3 saturated heterocycles. The first-order chi connectivity index (χ1) is 17.6. The van der Waals surface area contributed by atoms with Crippen molar-refractivity contribution < 1.29 is 9.90 Å². The highest BCUT2D eigenvalue weighted by Crippen LogP contribution is 2.25. The van der Waals surface area contributed by atoms with Gasteiger partial charge >= 0.3 is 0 Å². The molecule has 1 aromatic heterocycles. The maximum absolute atomic E-state index is 13.3. The molecule has 8 heteroatoms. The van der Waals surface area contributed by atoms with Gasteiger partial charge in [-0.3, -0.25) is 4.79 Å². The number of hydrogen-bond donors (Lipinski definition) is 2. The summed E-state index contributed by atoms with van der Waals surface area (Å²) in [7, 11) is 0. The monoisotopic (exact) mass is 492 g/mol. The number of benzene rings is 1. The number of anilines is 2. The molecule has 2 N–H and O–H groups in total. The first-order valence-corrected chi connectivity index (χ1v) is 13.7. The Morgan fingerprint density at radius 2 is 1.64 bits per heavy atom. The van der Waals surface area contributed by atoms with Gasteiger partial charge in [-0.05, 0) is 63.5 Å². The molecule has 5 rings (SSSR count). The van der Waals surface area contributed by atoms with E-state index >= 15 is 0 Å². The number of aromatic nitrogens is 2. The quantitative estimate of drug-likeness (QED) is 0.641. The third kappa shape index (κ3) is 5.81. The van der Waals surface area contributed by atoms with E-state index in [4.69, 9.17) is 0 Å². The Morgan fingerprint density at radius 1 is 0.944 bits per heavy atom. The Balaban J connectivity index is 1.11. The van der Waals surface area contributed by atoms with Gasteiger partial charge in [-0.1, -0.05) is 18.2 Å². The Bertz CT molecular complexity index is 994. The molecule has 3 aliphatic rings. The smallest absolute Gasteiger partial charge is 0.272 e. The second kappa shape index (κ2) is 11.6. The van der Waals surface area contributed by atoms with E-state index in [1.807, 2.05) is 11.8 Å². The lowest BCUT2D eigenvalue weighted by atomic mass is 9.96. The van der Waals surface area contributed by atoms with Gasteiger partial charge in [-0.2, -0.15) is 0 Å². The average Bonchev–Trinajstić information content (AvgIpc) is 2.93. The van der Waals surface area contributed by atoms with Gasteiger partial charge in [0.2, 0.25) is 0 Å². The molecule has 0 bridgehead atoms. The number of para-hydroxylation sites is 1. The SMILES string of the molecule is Cc1c(NCC2CCN(c3ccccc3)CC2)ncnc1C(=O)N1CCC(N2CCC(O)CC2)CC1. The van der Waals surface area contributed by atoms with E-state index in [2.05, 4.69) is 55.4 Å². The van der Waals surface area contributed by atoms with Crippen molar-refractivity contribution in [2.24, 2.45) is 5.92 Å². The molecule has 1 aromatic carbocycles. The summed E-state index contributed by atoms with van der Waals surface area (Å²) >= 11 is 0. The molecule has 36 heavy (non-hydrogen) atoms. The topological polar surface area (TPSA) is 84.8 Å².